The number of aromatic nitrogens is 2. The van der Waals surface area contributed by atoms with E-state index in [9.17, 15) is 24.6 Å². The van der Waals surface area contributed by atoms with Crippen LogP contribution in [0, 0.1) is 0 Å². The number of hydrogen-bond acceptors (Lipinski definition) is 6. The number of ketones is 1. The Morgan fingerprint density at radius 1 is 1.24 bits per heavy atom. The van der Waals surface area contributed by atoms with Gasteiger partial charge in [-0.25, -0.2) is 4.98 Å². The first-order valence-electron chi connectivity index (χ1n) is 9.53. The van der Waals surface area contributed by atoms with Crippen LogP contribution < -0.4 is 5.56 Å². The van der Waals surface area contributed by atoms with Crippen molar-refractivity contribution < 1.29 is 19.8 Å². The van der Waals surface area contributed by atoms with Crippen molar-refractivity contribution in [3.05, 3.63) is 56.9 Å². The third-order valence-electron chi connectivity index (χ3n) is 6.21. The van der Waals surface area contributed by atoms with E-state index in [1.165, 1.54) is 6.07 Å². The summed E-state index contributed by atoms with van der Waals surface area (Å²) in [6.45, 7) is 2.01. The molecule has 0 fully saturated rings. The zero-order chi connectivity index (χ0) is 20.5. The zero-order valence-electron chi connectivity index (χ0n) is 15.7. The summed E-state index contributed by atoms with van der Waals surface area (Å²) in [5, 5.41) is 21.5. The predicted molar refractivity (Wildman–Crippen MR) is 105 cm³/mol. The van der Waals surface area contributed by atoms with Crippen LogP contribution in [0.25, 0.3) is 22.3 Å². The van der Waals surface area contributed by atoms with E-state index in [2.05, 4.69) is 4.98 Å². The van der Waals surface area contributed by atoms with Gasteiger partial charge < -0.3 is 14.8 Å². The average molecular weight is 390 g/mol. The standard InChI is InChI=1S/C22H18N2O5/c1-2-22(29)15-8-17-20-11(9-24(17)21(28)12(15)3-6-19(22)27)7-13-14(10-25)18(26)5-4-16(13)23-20/h4-5,7-8,10,26,29H,2-3,6,9H2,1H3/t22-/m1/s1. The minimum Gasteiger partial charge on any atom is -0.507 e. The van der Waals surface area contributed by atoms with Gasteiger partial charge in [0, 0.05) is 28.5 Å². The summed E-state index contributed by atoms with van der Waals surface area (Å²) in [6, 6.07) is 6.50. The Morgan fingerprint density at radius 3 is 2.76 bits per heavy atom. The lowest BCUT2D eigenvalue weighted by Crippen LogP contribution is -2.43. The van der Waals surface area contributed by atoms with Crippen LogP contribution in [0.4, 0.5) is 0 Å². The molecule has 3 aromatic rings. The molecule has 0 saturated heterocycles. The number of nitrogens with zero attached hydrogens (tertiary/aromatic N) is 2. The lowest BCUT2D eigenvalue weighted by atomic mass is 9.77. The molecule has 0 amide bonds. The van der Waals surface area contributed by atoms with Gasteiger partial charge in [0.15, 0.2) is 12.1 Å². The van der Waals surface area contributed by atoms with E-state index >= 15 is 0 Å². The highest BCUT2D eigenvalue weighted by Gasteiger charge is 2.43. The molecule has 1 aromatic carbocycles. The van der Waals surface area contributed by atoms with Gasteiger partial charge in [-0.1, -0.05) is 6.92 Å². The molecular weight excluding hydrogens is 372 g/mol. The number of Topliss-reactive ketones (excluding diaryl/α,β-unsaturated/α-hetero) is 1. The quantitative estimate of drug-likeness (QED) is 0.507. The molecule has 0 spiro atoms. The fourth-order valence-corrected chi connectivity index (χ4v) is 4.57. The SMILES string of the molecule is CC[C@]1(O)C(=O)CCc2c1cc1n(c2=O)Cc2cc3c(C=O)c(O)ccc3nc2-1. The molecule has 7 heteroatoms. The van der Waals surface area contributed by atoms with Gasteiger partial charge in [-0.15, -0.1) is 0 Å². The molecule has 3 heterocycles. The van der Waals surface area contributed by atoms with Crippen LogP contribution in [0.15, 0.2) is 29.1 Å². The van der Waals surface area contributed by atoms with E-state index < -0.39 is 5.60 Å². The minimum absolute atomic E-state index is 0.121. The second-order valence-electron chi connectivity index (χ2n) is 7.63. The van der Waals surface area contributed by atoms with Crippen molar-refractivity contribution in [1.82, 2.24) is 9.55 Å². The molecule has 7 nitrogen and oxygen atoms in total. The minimum atomic E-state index is -1.65. The van der Waals surface area contributed by atoms with Crippen LogP contribution in [-0.2, 0) is 23.4 Å². The molecule has 1 aliphatic carbocycles. The predicted octanol–water partition coefficient (Wildman–Crippen LogP) is 2.06. The number of phenolic OH excluding ortho intramolecular Hbond substituents is 1. The average Bonchev–Trinajstić information content (AvgIpc) is 3.08. The lowest BCUT2D eigenvalue weighted by molar-refractivity contribution is -0.140. The van der Waals surface area contributed by atoms with Crippen molar-refractivity contribution in [2.45, 2.75) is 38.3 Å². The van der Waals surface area contributed by atoms with E-state index in [0.717, 1.165) is 5.56 Å². The molecule has 1 atom stereocenters. The van der Waals surface area contributed by atoms with Gasteiger partial charge in [0.25, 0.3) is 5.56 Å². The Kier molecular flexibility index (Phi) is 3.58. The number of hydrogen-bond donors (Lipinski definition) is 2. The number of benzene rings is 1. The Bertz CT molecular complexity index is 1310. The second kappa shape index (κ2) is 5.84. The van der Waals surface area contributed by atoms with Gasteiger partial charge >= 0.3 is 0 Å². The molecule has 29 heavy (non-hydrogen) atoms. The van der Waals surface area contributed by atoms with E-state index in [4.69, 9.17) is 0 Å². The summed E-state index contributed by atoms with van der Waals surface area (Å²) in [5.41, 5.74) is 1.52. The highest BCUT2D eigenvalue weighted by molar-refractivity contribution is 6.00. The maximum atomic E-state index is 13.2. The topological polar surface area (TPSA) is 109 Å². The molecule has 5 rings (SSSR count). The van der Waals surface area contributed by atoms with Gasteiger partial charge in [0.2, 0.25) is 0 Å². The molecular formula is C22H18N2O5. The fourth-order valence-electron chi connectivity index (χ4n) is 4.57. The molecule has 2 aromatic heterocycles. The number of carbonyl (C=O) groups is 2. The maximum Gasteiger partial charge on any atom is 0.254 e. The van der Waals surface area contributed by atoms with Gasteiger partial charge in [-0.05, 0) is 37.1 Å². The Balaban J connectivity index is 1.80. The van der Waals surface area contributed by atoms with E-state index in [-0.39, 0.29) is 42.0 Å². The third-order valence-corrected chi connectivity index (χ3v) is 6.21. The second-order valence-corrected chi connectivity index (χ2v) is 7.63. The Hall–Kier alpha value is -3.32. The molecule has 0 unspecified atom stereocenters. The number of aromatic hydroxyl groups is 1. The summed E-state index contributed by atoms with van der Waals surface area (Å²) >= 11 is 0. The van der Waals surface area contributed by atoms with Gasteiger partial charge in [0.1, 0.15) is 11.4 Å². The molecule has 0 bridgehead atoms. The van der Waals surface area contributed by atoms with Crippen LogP contribution in [0.2, 0.25) is 0 Å². The smallest absolute Gasteiger partial charge is 0.254 e. The van der Waals surface area contributed by atoms with Crippen molar-refractivity contribution in [3.8, 4) is 17.1 Å². The number of aliphatic hydroxyl groups is 1. The number of phenols is 1. The first-order chi connectivity index (χ1) is 13.9. The van der Waals surface area contributed by atoms with E-state index in [1.54, 1.807) is 29.7 Å². The Morgan fingerprint density at radius 2 is 2.03 bits per heavy atom. The molecule has 0 radical (unpaired) electrons. The van der Waals surface area contributed by atoms with Crippen LogP contribution in [0.3, 0.4) is 0 Å². The summed E-state index contributed by atoms with van der Waals surface area (Å²) in [5.74, 6) is -0.392. The molecule has 2 N–H and O–H groups in total. The third kappa shape index (κ3) is 2.22. The van der Waals surface area contributed by atoms with Gasteiger partial charge in [-0.3, -0.25) is 14.4 Å². The van der Waals surface area contributed by atoms with Crippen LogP contribution in [0.1, 0.15) is 46.8 Å². The van der Waals surface area contributed by atoms with Crippen LogP contribution in [0.5, 0.6) is 5.75 Å². The summed E-state index contributed by atoms with van der Waals surface area (Å²) in [4.78, 5) is 41.6. The summed E-state index contributed by atoms with van der Waals surface area (Å²) in [7, 11) is 0. The number of pyridine rings is 2. The fraction of sp³-hybridized carbons (Fsp3) is 0.273. The van der Waals surface area contributed by atoms with Crippen molar-refractivity contribution in [2.24, 2.45) is 0 Å². The van der Waals surface area contributed by atoms with Crippen molar-refractivity contribution >= 4 is 23.0 Å². The van der Waals surface area contributed by atoms with Crippen LogP contribution in [-0.4, -0.2) is 31.8 Å². The highest BCUT2D eigenvalue weighted by atomic mass is 16.3. The summed E-state index contributed by atoms with van der Waals surface area (Å²) in [6.07, 6.45) is 1.24. The number of rotatable bonds is 2. The number of aldehydes is 1. The maximum absolute atomic E-state index is 13.2. The summed E-state index contributed by atoms with van der Waals surface area (Å²) < 4.78 is 1.60. The number of fused-ring (bicyclic) bond motifs is 5. The van der Waals surface area contributed by atoms with Crippen molar-refractivity contribution in [3.63, 3.8) is 0 Å². The lowest BCUT2D eigenvalue weighted by Gasteiger charge is -2.32. The van der Waals surface area contributed by atoms with E-state index in [0.29, 0.717) is 46.1 Å². The van der Waals surface area contributed by atoms with Crippen molar-refractivity contribution in [2.75, 3.05) is 0 Å². The molecule has 146 valence electrons. The first-order valence-corrected chi connectivity index (χ1v) is 9.53. The normalized spacial score (nSPS) is 19.7. The van der Waals surface area contributed by atoms with E-state index in [1.807, 2.05) is 0 Å². The highest BCUT2D eigenvalue weighted by Crippen LogP contribution is 2.39. The largest absolute Gasteiger partial charge is 0.507 e. The van der Waals surface area contributed by atoms with Crippen molar-refractivity contribution in [1.29, 1.82) is 0 Å². The van der Waals surface area contributed by atoms with Gasteiger partial charge in [0.05, 0.1) is 29.0 Å². The number of carbonyl (C=O) groups excluding carboxylic acids is 2. The molecule has 2 aliphatic rings. The van der Waals surface area contributed by atoms with Gasteiger partial charge in [-0.2, -0.15) is 0 Å². The molecule has 0 saturated carbocycles. The zero-order valence-corrected chi connectivity index (χ0v) is 15.7. The Labute approximate surface area is 165 Å². The molecule has 1 aliphatic heterocycles. The monoisotopic (exact) mass is 390 g/mol. The van der Waals surface area contributed by atoms with Crippen LogP contribution >= 0.6 is 0 Å². The first kappa shape index (κ1) is 17.8.